The summed E-state index contributed by atoms with van der Waals surface area (Å²) in [6, 6.07) is 5.57. The number of rotatable bonds is 7. The Hall–Kier alpha value is -2.19. The largest absolute Gasteiger partial charge is 0.493 e. The van der Waals surface area contributed by atoms with Crippen LogP contribution in [-0.2, 0) is 11.3 Å². The van der Waals surface area contributed by atoms with Gasteiger partial charge in [-0.15, -0.1) is 6.42 Å². The van der Waals surface area contributed by atoms with Crippen molar-refractivity contribution in [1.29, 1.82) is 0 Å². The Kier molecular flexibility index (Phi) is 6.27. The molecule has 0 spiro atoms. The van der Waals surface area contributed by atoms with Crippen LogP contribution in [0.4, 0.5) is 0 Å². The highest BCUT2D eigenvalue weighted by Gasteiger charge is 2.11. The Morgan fingerprint density at radius 1 is 1.47 bits per heavy atom. The standard InChI is InChI=1S/C14H18N2O3/c1-4-8-16-13(17)10-19-14-11(9-15-2)6-5-7-12(14)18-3/h1,5-7,15H,8-10H2,2-3H3,(H,16,17). The molecule has 0 aliphatic carbocycles. The molecule has 1 aromatic carbocycles. The van der Waals surface area contributed by atoms with Crippen LogP contribution in [0.1, 0.15) is 5.56 Å². The Morgan fingerprint density at radius 2 is 2.26 bits per heavy atom. The lowest BCUT2D eigenvalue weighted by Crippen LogP contribution is -2.29. The molecule has 0 atom stereocenters. The van der Waals surface area contributed by atoms with E-state index in [2.05, 4.69) is 16.6 Å². The minimum Gasteiger partial charge on any atom is -0.493 e. The van der Waals surface area contributed by atoms with Crippen LogP contribution in [0.2, 0.25) is 0 Å². The third-order valence-electron chi connectivity index (χ3n) is 2.38. The Morgan fingerprint density at radius 3 is 2.89 bits per heavy atom. The van der Waals surface area contributed by atoms with E-state index in [9.17, 15) is 4.79 Å². The number of methoxy groups -OCH3 is 1. The van der Waals surface area contributed by atoms with Crippen molar-refractivity contribution in [2.75, 3.05) is 27.3 Å². The number of terminal acetylenes is 1. The highest BCUT2D eigenvalue weighted by Crippen LogP contribution is 2.30. The van der Waals surface area contributed by atoms with Gasteiger partial charge in [-0.2, -0.15) is 0 Å². The first-order chi connectivity index (χ1) is 9.22. The van der Waals surface area contributed by atoms with Gasteiger partial charge >= 0.3 is 0 Å². The Balaban J connectivity index is 2.75. The van der Waals surface area contributed by atoms with E-state index in [-0.39, 0.29) is 19.1 Å². The summed E-state index contributed by atoms with van der Waals surface area (Å²) in [7, 11) is 3.40. The highest BCUT2D eigenvalue weighted by molar-refractivity contribution is 5.77. The van der Waals surface area contributed by atoms with E-state index in [0.29, 0.717) is 18.0 Å². The van der Waals surface area contributed by atoms with Gasteiger partial charge in [-0.25, -0.2) is 0 Å². The van der Waals surface area contributed by atoms with Crippen LogP contribution in [0.15, 0.2) is 18.2 Å². The fourth-order valence-electron chi connectivity index (χ4n) is 1.55. The fraction of sp³-hybridized carbons (Fsp3) is 0.357. The van der Waals surface area contributed by atoms with Gasteiger partial charge in [-0.1, -0.05) is 18.1 Å². The number of carbonyl (C=O) groups is 1. The average Bonchev–Trinajstić information content (AvgIpc) is 2.43. The highest BCUT2D eigenvalue weighted by atomic mass is 16.5. The summed E-state index contributed by atoms with van der Waals surface area (Å²) in [4.78, 5) is 11.5. The summed E-state index contributed by atoms with van der Waals surface area (Å²) in [5.74, 6) is 3.22. The predicted molar refractivity (Wildman–Crippen MR) is 73.1 cm³/mol. The molecule has 0 aliphatic rings. The van der Waals surface area contributed by atoms with Gasteiger partial charge in [0.1, 0.15) is 0 Å². The van der Waals surface area contributed by atoms with Crippen molar-refractivity contribution in [2.24, 2.45) is 0 Å². The van der Waals surface area contributed by atoms with Gasteiger partial charge in [-0.05, 0) is 13.1 Å². The van der Waals surface area contributed by atoms with Crippen molar-refractivity contribution in [1.82, 2.24) is 10.6 Å². The minimum atomic E-state index is -0.265. The summed E-state index contributed by atoms with van der Waals surface area (Å²) in [6.45, 7) is 0.717. The van der Waals surface area contributed by atoms with E-state index in [1.54, 1.807) is 13.2 Å². The number of para-hydroxylation sites is 1. The van der Waals surface area contributed by atoms with E-state index >= 15 is 0 Å². The molecule has 19 heavy (non-hydrogen) atoms. The molecule has 5 nitrogen and oxygen atoms in total. The van der Waals surface area contributed by atoms with Gasteiger partial charge in [0.15, 0.2) is 18.1 Å². The van der Waals surface area contributed by atoms with E-state index < -0.39 is 0 Å². The van der Waals surface area contributed by atoms with Gasteiger partial charge in [0.05, 0.1) is 13.7 Å². The second kappa shape index (κ2) is 8.01. The number of nitrogens with one attached hydrogen (secondary N) is 2. The number of hydrogen-bond acceptors (Lipinski definition) is 4. The van der Waals surface area contributed by atoms with Crippen LogP contribution in [0.3, 0.4) is 0 Å². The zero-order valence-corrected chi connectivity index (χ0v) is 11.2. The van der Waals surface area contributed by atoms with E-state index in [1.165, 1.54) is 0 Å². The predicted octanol–water partition coefficient (Wildman–Crippen LogP) is 0.543. The van der Waals surface area contributed by atoms with Gasteiger partial charge < -0.3 is 20.1 Å². The average molecular weight is 262 g/mol. The maximum absolute atomic E-state index is 11.5. The lowest BCUT2D eigenvalue weighted by atomic mass is 10.2. The van der Waals surface area contributed by atoms with Gasteiger partial charge in [-0.3, -0.25) is 4.79 Å². The monoisotopic (exact) mass is 262 g/mol. The number of hydrogen-bond donors (Lipinski definition) is 2. The molecular formula is C14H18N2O3. The zero-order valence-electron chi connectivity index (χ0n) is 11.2. The second-order valence-corrected chi connectivity index (χ2v) is 3.75. The number of benzene rings is 1. The Labute approximate surface area is 113 Å². The van der Waals surface area contributed by atoms with E-state index in [1.807, 2.05) is 19.2 Å². The molecule has 0 unspecified atom stereocenters. The molecule has 0 heterocycles. The van der Waals surface area contributed by atoms with Crippen molar-refractivity contribution in [3.8, 4) is 23.8 Å². The van der Waals surface area contributed by atoms with Crippen molar-refractivity contribution < 1.29 is 14.3 Å². The van der Waals surface area contributed by atoms with Gasteiger partial charge in [0, 0.05) is 12.1 Å². The molecule has 0 aromatic heterocycles. The number of ether oxygens (including phenoxy) is 2. The fourth-order valence-corrected chi connectivity index (χ4v) is 1.55. The maximum atomic E-state index is 11.5. The molecule has 1 amide bonds. The van der Waals surface area contributed by atoms with Crippen LogP contribution in [0, 0.1) is 12.3 Å². The van der Waals surface area contributed by atoms with Crippen molar-refractivity contribution >= 4 is 5.91 Å². The summed E-state index contributed by atoms with van der Waals surface area (Å²) in [5, 5.41) is 5.57. The van der Waals surface area contributed by atoms with E-state index in [4.69, 9.17) is 15.9 Å². The summed E-state index contributed by atoms with van der Waals surface area (Å²) < 4.78 is 10.8. The molecule has 0 aliphatic heterocycles. The minimum absolute atomic E-state index is 0.0984. The smallest absolute Gasteiger partial charge is 0.258 e. The summed E-state index contributed by atoms with van der Waals surface area (Å²) in [5.41, 5.74) is 0.923. The molecule has 102 valence electrons. The van der Waals surface area contributed by atoms with Crippen LogP contribution in [0.5, 0.6) is 11.5 Å². The third kappa shape index (κ3) is 4.53. The van der Waals surface area contributed by atoms with Crippen molar-refractivity contribution in [2.45, 2.75) is 6.54 Å². The lowest BCUT2D eigenvalue weighted by Gasteiger charge is -2.14. The summed E-state index contributed by atoms with van der Waals surface area (Å²) >= 11 is 0. The number of carbonyl (C=O) groups excluding carboxylic acids is 1. The quantitative estimate of drug-likeness (QED) is 0.704. The molecule has 2 N–H and O–H groups in total. The van der Waals surface area contributed by atoms with Crippen molar-refractivity contribution in [3.63, 3.8) is 0 Å². The molecule has 0 saturated carbocycles. The second-order valence-electron chi connectivity index (χ2n) is 3.75. The molecular weight excluding hydrogens is 244 g/mol. The maximum Gasteiger partial charge on any atom is 0.258 e. The van der Waals surface area contributed by atoms with Crippen LogP contribution in [0.25, 0.3) is 0 Å². The first-order valence-corrected chi connectivity index (χ1v) is 5.86. The lowest BCUT2D eigenvalue weighted by molar-refractivity contribution is -0.122. The molecule has 0 fully saturated rings. The first kappa shape index (κ1) is 14.9. The molecule has 0 radical (unpaired) electrons. The normalized spacial score (nSPS) is 9.53. The van der Waals surface area contributed by atoms with Gasteiger partial charge in [0.2, 0.25) is 0 Å². The molecule has 0 bridgehead atoms. The number of amides is 1. The zero-order chi connectivity index (χ0) is 14.1. The van der Waals surface area contributed by atoms with E-state index in [0.717, 1.165) is 5.56 Å². The SMILES string of the molecule is C#CCNC(=O)COc1c(CNC)cccc1OC. The molecule has 5 heteroatoms. The van der Waals surface area contributed by atoms with Crippen LogP contribution >= 0.6 is 0 Å². The molecule has 1 aromatic rings. The molecule has 1 rings (SSSR count). The first-order valence-electron chi connectivity index (χ1n) is 5.86. The van der Waals surface area contributed by atoms with Gasteiger partial charge in [0.25, 0.3) is 5.91 Å². The topological polar surface area (TPSA) is 59.6 Å². The Bertz CT molecular complexity index is 466. The van der Waals surface area contributed by atoms with Crippen LogP contribution in [-0.4, -0.2) is 33.2 Å². The molecule has 0 saturated heterocycles. The van der Waals surface area contributed by atoms with Crippen LogP contribution < -0.4 is 20.1 Å². The summed E-state index contributed by atoms with van der Waals surface area (Å²) in [6.07, 6.45) is 5.06. The van der Waals surface area contributed by atoms with Crippen molar-refractivity contribution in [3.05, 3.63) is 23.8 Å². The third-order valence-corrected chi connectivity index (χ3v) is 2.38.